The van der Waals surface area contributed by atoms with Gasteiger partial charge in [-0.1, -0.05) is 29.8 Å². The van der Waals surface area contributed by atoms with E-state index < -0.39 is 27.6 Å². The highest BCUT2D eigenvalue weighted by Gasteiger charge is 2.20. The summed E-state index contributed by atoms with van der Waals surface area (Å²) in [6.45, 7) is 1.59. The fraction of sp³-hybridized carbons (Fsp3) is 0.0500. The Labute approximate surface area is 171 Å². The third-order valence-corrected chi connectivity index (χ3v) is 5.87. The number of hydrogen-bond acceptors (Lipinski definition) is 3. The molecule has 0 aliphatic heterocycles. The number of carbonyl (C=O) groups excluding carboxylic acids is 1. The Kier molecular flexibility index (Phi) is 5.86. The van der Waals surface area contributed by atoms with Crippen LogP contribution >= 0.6 is 11.6 Å². The summed E-state index contributed by atoms with van der Waals surface area (Å²) in [6.07, 6.45) is 0. The van der Waals surface area contributed by atoms with E-state index in [9.17, 15) is 22.0 Å². The number of amides is 1. The summed E-state index contributed by atoms with van der Waals surface area (Å²) in [7, 11) is -4.01. The molecule has 0 radical (unpaired) electrons. The van der Waals surface area contributed by atoms with E-state index in [1.165, 1.54) is 24.3 Å². The van der Waals surface area contributed by atoms with Gasteiger partial charge in [0, 0.05) is 11.8 Å². The standard InChI is InChI=1S/C20H15ClF2N2O3S/c1-12-6-8-14(24-20(26)15-9-7-13(22)10-17(15)23)11-19(12)29(27,28)25-18-5-3-2-4-16(18)21/h2-11,25H,1H3,(H,24,26). The molecule has 2 N–H and O–H groups in total. The summed E-state index contributed by atoms with van der Waals surface area (Å²) in [5.74, 6) is -2.68. The van der Waals surface area contributed by atoms with Gasteiger partial charge >= 0.3 is 0 Å². The summed E-state index contributed by atoms with van der Waals surface area (Å²) < 4.78 is 54.8. The first kappa shape index (κ1) is 20.8. The van der Waals surface area contributed by atoms with E-state index in [2.05, 4.69) is 10.0 Å². The van der Waals surface area contributed by atoms with Crippen LogP contribution in [0.25, 0.3) is 0 Å². The predicted molar refractivity (Wildman–Crippen MR) is 108 cm³/mol. The van der Waals surface area contributed by atoms with Crippen LogP contribution < -0.4 is 10.0 Å². The summed E-state index contributed by atoms with van der Waals surface area (Å²) in [5.41, 5.74) is 0.390. The maximum absolute atomic E-state index is 13.8. The lowest BCUT2D eigenvalue weighted by Crippen LogP contribution is -2.17. The van der Waals surface area contributed by atoms with Gasteiger partial charge in [0.1, 0.15) is 11.6 Å². The maximum Gasteiger partial charge on any atom is 0.262 e. The van der Waals surface area contributed by atoms with Crippen molar-refractivity contribution in [3.05, 3.63) is 88.4 Å². The second-order valence-electron chi connectivity index (χ2n) is 6.14. The molecule has 0 aromatic heterocycles. The van der Waals surface area contributed by atoms with E-state index in [0.29, 0.717) is 11.6 Å². The van der Waals surface area contributed by atoms with Crippen molar-refractivity contribution < 1.29 is 22.0 Å². The Hall–Kier alpha value is -2.97. The van der Waals surface area contributed by atoms with E-state index >= 15 is 0 Å². The molecule has 3 aromatic rings. The molecular formula is C20H15ClF2N2O3S. The first-order valence-corrected chi connectivity index (χ1v) is 10.2. The van der Waals surface area contributed by atoms with Crippen molar-refractivity contribution in [2.24, 2.45) is 0 Å². The molecule has 150 valence electrons. The third-order valence-electron chi connectivity index (χ3n) is 4.03. The highest BCUT2D eigenvalue weighted by atomic mass is 35.5. The minimum absolute atomic E-state index is 0.0882. The van der Waals surface area contributed by atoms with Crippen LogP contribution in [0.2, 0.25) is 5.02 Å². The van der Waals surface area contributed by atoms with Crippen molar-refractivity contribution >= 4 is 38.9 Å². The fourth-order valence-corrected chi connectivity index (χ4v) is 4.17. The Morgan fingerprint density at radius 3 is 2.41 bits per heavy atom. The number of carbonyl (C=O) groups is 1. The van der Waals surface area contributed by atoms with E-state index in [1.54, 1.807) is 25.1 Å². The van der Waals surface area contributed by atoms with Crippen molar-refractivity contribution in [3.8, 4) is 0 Å². The molecule has 0 aliphatic rings. The number of halogens is 3. The molecule has 5 nitrogen and oxygen atoms in total. The molecule has 0 fully saturated rings. The van der Waals surface area contributed by atoms with Crippen LogP contribution in [-0.2, 0) is 10.0 Å². The number of nitrogens with one attached hydrogen (secondary N) is 2. The zero-order valence-electron chi connectivity index (χ0n) is 15.0. The minimum atomic E-state index is -4.01. The molecule has 0 heterocycles. The molecule has 3 aromatic carbocycles. The van der Waals surface area contributed by atoms with E-state index in [1.807, 2.05) is 0 Å². The Morgan fingerprint density at radius 2 is 1.72 bits per heavy atom. The molecule has 0 spiro atoms. The van der Waals surface area contributed by atoms with Gasteiger partial charge in [0.15, 0.2) is 0 Å². The molecule has 0 bridgehead atoms. The Bertz CT molecular complexity index is 1200. The number of aryl methyl sites for hydroxylation is 1. The van der Waals surface area contributed by atoms with Crippen molar-refractivity contribution in [1.82, 2.24) is 0 Å². The van der Waals surface area contributed by atoms with E-state index in [0.717, 1.165) is 12.1 Å². The van der Waals surface area contributed by atoms with Crippen molar-refractivity contribution in [3.63, 3.8) is 0 Å². The van der Waals surface area contributed by atoms with E-state index in [4.69, 9.17) is 11.6 Å². The fourth-order valence-electron chi connectivity index (χ4n) is 2.58. The second kappa shape index (κ2) is 8.18. The summed E-state index contributed by atoms with van der Waals surface area (Å²) in [5, 5.41) is 2.64. The molecule has 0 saturated carbocycles. The van der Waals surface area contributed by atoms with E-state index in [-0.39, 0.29) is 26.9 Å². The number of para-hydroxylation sites is 1. The first-order valence-electron chi connectivity index (χ1n) is 8.32. The summed E-state index contributed by atoms with van der Waals surface area (Å²) in [4.78, 5) is 12.2. The van der Waals surface area contributed by atoms with Crippen LogP contribution in [0.15, 0.2) is 65.6 Å². The van der Waals surface area contributed by atoms with Gasteiger partial charge in [-0.25, -0.2) is 17.2 Å². The number of hydrogen-bond donors (Lipinski definition) is 2. The Balaban J connectivity index is 1.89. The lowest BCUT2D eigenvalue weighted by Gasteiger charge is -2.13. The van der Waals surface area contributed by atoms with Gasteiger partial charge in [-0.05, 0) is 48.9 Å². The molecule has 0 saturated heterocycles. The molecule has 0 unspecified atom stereocenters. The Morgan fingerprint density at radius 1 is 1.00 bits per heavy atom. The topological polar surface area (TPSA) is 75.3 Å². The zero-order chi connectivity index (χ0) is 21.2. The number of benzene rings is 3. The molecule has 0 aliphatic carbocycles. The number of sulfonamides is 1. The van der Waals surface area contributed by atoms with Crippen LogP contribution in [0, 0.1) is 18.6 Å². The SMILES string of the molecule is Cc1ccc(NC(=O)c2ccc(F)cc2F)cc1S(=O)(=O)Nc1ccccc1Cl. The average Bonchev–Trinajstić information content (AvgIpc) is 2.65. The molecule has 3 rings (SSSR count). The smallest absolute Gasteiger partial charge is 0.262 e. The van der Waals surface area contributed by atoms with Crippen molar-refractivity contribution in [2.75, 3.05) is 10.0 Å². The number of rotatable bonds is 5. The molecular weight excluding hydrogens is 422 g/mol. The zero-order valence-corrected chi connectivity index (χ0v) is 16.6. The molecule has 1 amide bonds. The highest BCUT2D eigenvalue weighted by Crippen LogP contribution is 2.27. The quantitative estimate of drug-likeness (QED) is 0.592. The summed E-state index contributed by atoms with van der Waals surface area (Å²) in [6, 6.07) is 13.1. The molecule has 0 atom stereocenters. The van der Waals surface area contributed by atoms with Gasteiger partial charge in [0.05, 0.1) is 21.2 Å². The van der Waals surface area contributed by atoms with Crippen LogP contribution in [0.4, 0.5) is 20.2 Å². The van der Waals surface area contributed by atoms with Gasteiger partial charge in [-0.2, -0.15) is 0 Å². The van der Waals surface area contributed by atoms with Crippen LogP contribution in [0.5, 0.6) is 0 Å². The maximum atomic E-state index is 13.8. The molecule has 29 heavy (non-hydrogen) atoms. The summed E-state index contributed by atoms with van der Waals surface area (Å²) >= 11 is 6.01. The van der Waals surface area contributed by atoms with Gasteiger partial charge < -0.3 is 5.32 Å². The third kappa shape index (κ3) is 4.72. The predicted octanol–water partition coefficient (Wildman–Crippen LogP) is 4.98. The largest absolute Gasteiger partial charge is 0.322 e. The van der Waals surface area contributed by atoms with Crippen LogP contribution in [0.1, 0.15) is 15.9 Å². The van der Waals surface area contributed by atoms with Crippen molar-refractivity contribution in [2.45, 2.75) is 11.8 Å². The minimum Gasteiger partial charge on any atom is -0.322 e. The normalized spacial score (nSPS) is 11.2. The molecule has 9 heteroatoms. The monoisotopic (exact) mass is 436 g/mol. The lowest BCUT2D eigenvalue weighted by molar-refractivity contribution is 0.102. The first-order chi connectivity index (χ1) is 13.7. The highest BCUT2D eigenvalue weighted by molar-refractivity contribution is 7.92. The van der Waals surface area contributed by atoms with Crippen LogP contribution in [0.3, 0.4) is 0 Å². The number of anilines is 2. The second-order valence-corrected chi connectivity index (χ2v) is 8.20. The van der Waals surface area contributed by atoms with Crippen molar-refractivity contribution in [1.29, 1.82) is 0 Å². The average molecular weight is 437 g/mol. The van der Waals surface area contributed by atoms with Gasteiger partial charge in [0.2, 0.25) is 0 Å². The lowest BCUT2D eigenvalue weighted by atomic mass is 10.1. The van der Waals surface area contributed by atoms with Gasteiger partial charge in [0.25, 0.3) is 15.9 Å². The van der Waals surface area contributed by atoms with Crippen LogP contribution in [-0.4, -0.2) is 14.3 Å². The van der Waals surface area contributed by atoms with Gasteiger partial charge in [-0.3, -0.25) is 9.52 Å². The van der Waals surface area contributed by atoms with Gasteiger partial charge in [-0.15, -0.1) is 0 Å².